The highest BCUT2D eigenvalue weighted by atomic mass is 32.2. The fourth-order valence-corrected chi connectivity index (χ4v) is 4.23. The molecule has 7 heteroatoms. The van der Waals surface area contributed by atoms with Crippen LogP contribution in [-0.4, -0.2) is 38.8 Å². The molecule has 2 atom stereocenters. The van der Waals surface area contributed by atoms with E-state index in [2.05, 4.69) is 4.74 Å². The fraction of sp³-hybridized carbons (Fsp3) is 0.429. The standard InChI is InChI=1S/C14H16O6S/c1-14(21(17,18)11-6-4-3-5-7-11)10(8-12(15)19-2)9-20-13(14)16/h3-7,10H,8-9H2,1-2H3/t10-,14+/m1/s1. The predicted octanol–water partition coefficient (Wildman–Crippen LogP) is 0.955. The Morgan fingerprint density at radius 1 is 1.38 bits per heavy atom. The van der Waals surface area contributed by atoms with E-state index >= 15 is 0 Å². The highest BCUT2D eigenvalue weighted by molar-refractivity contribution is 7.93. The monoisotopic (exact) mass is 312 g/mol. The summed E-state index contributed by atoms with van der Waals surface area (Å²) in [5, 5.41) is 0. The van der Waals surface area contributed by atoms with E-state index in [1.165, 1.54) is 26.2 Å². The third-order valence-electron chi connectivity index (χ3n) is 3.85. The van der Waals surface area contributed by atoms with Crippen LogP contribution in [0.15, 0.2) is 35.2 Å². The van der Waals surface area contributed by atoms with Gasteiger partial charge >= 0.3 is 11.9 Å². The molecule has 1 aromatic carbocycles. The number of carbonyl (C=O) groups excluding carboxylic acids is 2. The largest absolute Gasteiger partial charge is 0.469 e. The maximum Gasteiger partial charge on any atom is 0.328 e. The molecule has 0 bridgehead atoms. The second-order valence-electron chi connectivity index (χ2n) is 5.00. The lowest BCUT2D eigenvalue weighted by atomic mass is 9.93. The number of cyclic esters (lactones) is 1. The van der Waals surface area contributed by atoms with E-state index < -0.39 is 32.4 Å². The van der Waals surface area contributed by atoms with Gasteiger partial charge in [-0.2, -0.15) is 0 Å². The molecule has 2 rings (SSSR count). The van der Waals surface area contributed by atoms with E-state index in [1.54, 1.807) is 18.2 Å². The van der Waals surface area contributed by atoms with Crippen LogP contribution in [0.5, 0.6) is 0 Å². The van der Waals surface area contributed by atoms with Crippen molar-refractivity contribution in [3.63, 3.8) is 0 Å². The molecule has 0 unspecified atom stereocenters. The lowest BCUT2D eigenvalue weighted by Crippen LogP contribution is -2.46. The van der Waals surface area contributed by atoms with Gasteiger partial charge < -0.3 is 9.47 Å². The molecule has 0 radical (unpaired) electrons. The summed E-state index contributed by atoms with van der Waals surface area (Å²) in [6.45, 7) is 1.19. The molecule has 0 aliphatic carbocycles. The third kappa shape index (κ3) is 2.42. The Balaban J connectivity index is 2.46. The number of benzene rings is 1. The Morgan fingerprint density at radius 2 is 2.00 bits per heavy atom. The summed E-state index contributed by atoms with van der Waals surface area (Å²) in [5.41, 5.74) is 0. The first-order valence-electron chi connectivity index (χ1n) is 6.37. The number of esters is 2. The second kappa shape index (κ2) is 5.48. The van der Waals surface area contributed by atoms with Gasteiger partial charge in [-0.1, -0.05) is 18.2 Å². The molecule has 1 aromatic rings. The van der Waals surface area contributed by atoms with Crippen LogP contribution in [0, 0.1) is 5.92 Å². The van der Waals surface area contributed by atoms with Gasteiger partial charge in [-0.05, 0) is 19.1 Å². The van der Waals surface area contributed by atoms with Crippen molar-refractivity contribution >= 4 is 21.8 Å². The molecule has 114 valence electrons. The van der Waals surface area contributed by atoms with Crippen molar-refractivity contribution in [3.05, 3.63) is 30.3 Å². The zero-order valence-corrected chi connectivity index (χ0v) is 12.6. The number of ether oxygens (including phenoxy) is 2. The molecule has 0 amide bonds. The number of hydrogen-bond acceptors (Lipinski definition) is 6. The number of sulfone groups is 1. The van der Waals surface area contributed by atoms with Gasteiger partial charge in [0.05, 0.1) is 25.0 Å². The van der Waals surface area contributed by atoms with Crippen molar-refractivity contribution in [1.29, 1.82) is 0 Å². The van der Waals surface area contributed by atoms with Crippen molar-refractivity contribution in [2.75, 3.05) is 13.7 Å². The minimum atomic E-state index is -3.97. The Bertz CT molecular complexity index is 651. The van der Waals surface area contributed by atoms with E-state index in [0.29, 0.717) is 0 Å². The quantitative estimate of drug-likeness (QED) is 0.770. The molecule has 0 spiro atoms. The van der Waals surface area contributed by atoms with Crippen LogP contribution in [0.1, 0.15) is 13.3 Å². The maximum absolute atomic E-state index is 12.8. The highest BCUT2D eigenvalue weighted by Gasteiger charge is 2.59. The third-order valence-corrected chi connectivity index (χ3v) is 6.36. The number of methoxy groups -OCH3 is 1. The van der Waals surface area contributed by atoms with Gasteiger partial charge in [0, 0.05) is 5.92 Å². The van der Waals surface area contributed by atoms with Gasteiger partial charge in [0.1, 0.15) is 0 Å². The van der Waals surface area contributed by atoms with Crippen molar-refractivity contribution < 1.29 is 27.5 Å². The normalized spacial score (nSPS) is 25.4. The highest BCUT2D eigenvalue weighted by Crippen LogP contribution is 2.40. The van der Waals surface area contributed by atoms with Crippen molar-refractivity contribution in [1.82, 2.24) is 0 Å². The topological polar surface area (TPSA) is 86.7 Å². The van der Waals surface area contributed by atoms with E-state index in [0.717, 1.165) is 0 Å². The maximum atomic E-state index is 12.8. The van der Waals surface area contributed by atoms with Crippen LogP contribution < -0.4 is 0 Å². The van der Waals surface area contributed by atoms with Gasteiger partial charge in [-0.25, -0.2) is 8.42 Å². The van der Waals surface area contributed by atoms with Gasteiger partial charge in [0.15, 0.2) is 14.6 Å². The SMILES string of the molecule is COC(=O)C[C@@H]1COC(=O)[C@@]1(C)S(=O)(=O)c1ccccc1. The second-order valence-corrected chi connectivity index (χ2v) is 7.33. The number of rotatable bonds is 4. The summed E-state index contributed by atoms with van der Waals surface area (Å²) in [7, 11) is -2.76. The molecule has 1 aliphatic rings. The van der Waals surface area contributed by atoms with Crippen molar-refractivity contribution in [2.45, 2.75) is 23.0 Å². The molecule has 1 aliphatic heterocycles. The smallest absolute Gasteiger partial charge is 0.328 e. The van der Waals surface area contributed by atoms with Gasteiger partial charge in [0.25, 0.3) is 0 Å². The summed E-state index contributed by atoms with van der Waals surface area (Å²) in [5.74, 6) is -2.18. The molecule has 21 heavy (non-hydrogen) atoms. The Morgan fingerprint density at radius 3 is 2.57 bits per heavy atom. The summed E-state index contributed by atoms with van der Waals surface area (Å²) in [4.78, 5) is 23.5. The molecule has 0 saturated carbocycles. The molecule has 1 fully saturated rings. The Kier molecular flexibility index (Phi) is 4.04. The molecular formula is C14H16O6S. The average molecular weight is 312 g/mol. The average Bonchev–Trinajstić information content (AvgIpc) is 2.77. The molecule has 0 N–H and O–H groups in total. The molecule has 6 nitrogen and oxygen atoms in total. The van der Waals surface area contributed by atoms with Gasteiger partial charge in [0.2, 0.25) is 0 Å². The van der Waals surface area contributed by atoms with E-state index in [9.17, 15) is 18.0 Å². The summed E-state index contributed by atoms with van der Waals surface area (Å²) < 4.78 is 33.3. The molecule has 0 aromatic heterocycles. The zero-order chi connectivity index (χ0) is 15.7. The minimum Gasteiger partial charge on any atom is -0.469 e. The number of carbonyl (C=O) groups is 2. The van der Waals surface area contributed by atoms with E-state index in [4.69, 9.17) is 4.74 Å². The van der Waals surface area contributed by atoms with Crippen LogP contribution in [0.3, 0.4) is 0 Å². The van der Waals surface area contributed by atoms with Crippen molar-refractivity contribution in [3.8, 4) is 0 Å². The molecule has 1 heterocycles. The lowest BCUT2D eigenvalue weighted by Gasteiger charge is -2.25. The first kappa shape index (κ1) is 15.5. The predicted molar refractivity (Wildman–Crippen MR) is 73.1 cm³/mol. The van der Waals surface area contributed by atoms with Crippen LogP contribution in [-0.2, 0) is 28.9 Å². The Labute approximate surface area is 123 Å². The lowest BCUT2D eigenvalue weighted by molar-refractivity contribution is -0.142. The minimum absolute atomic E-state index is 0.0289. The summed E-state index contributed by atoms with van der Waals surface area (Å²) in [6.07, 6.45) is -0.190. The number of hydrogen-bond donors (Lipinski definition) is 0. The fourth-order valence-electron chi connectivity index (χ4n) is 2.36. The van der Waals surface area contributed by atoms with E-state index in [1.807, 2.05) is 0 Å². The molecular weight excluding hydrogens is 296 g/mol. The van der Waals surface area contributed by atoms with Crippen LogP contribution in [0.4, 0.5) is 0 Å². The van der Waals surface area contributed by atoms with Crippen LogP contribution >= 0.6 is 0 Å². The zero-order valence-electron chi connectivity index (χ0n) is 11.7. The van der Waals surface area contributed by atoms with Crippen LogP contribution in [0.25, 0.3) is 0 Å². The van der Waals surface area contributed by atoms with Gasteiger partial charge in [-0.3, -0.25) is 9.59 Å². The van der Waals surface area contributed by atoms with E-state index in [-0.39, 0.29) is 17.9 Å². The van der Waals surface area contributed by atoms with Crippen LogP contribution in [0.2, 0.25) is 0 Å². The Hall–Kier alpha value is -1.89. The van der Waals surface area contributed by atoms with Crippen molar-refractivity contribution in [2.24, 2.45) is 5.92 Å². The summed E-state index contributed by atoms with van der Waals surface area (Å²) in [6, 6.07) is 7.67. The molecule has 1 saturated heterocycles. The summed E-state index contributed by atoms with van der Waals surface area (Å²) >= 11 is 0. The van der Waals surface area contributed by atoms with Gasteiger partial charge in [-0.15, -0.1) is 0 Å². The first-order valence-corrected chi connectivity index (χ1v) is 7.86. The first-order chi connectivity index (χ1) is 9.84.